The van der Waals surface area contributed by atoms with Crippen molar-refractivity contribution in [1.82, 2.24) is 10.6 Å². The molecule has 1 aliphatic rings. The summed E-state index contributed by atoms with van der Waals surface area (Å²) in [6, 6.07) is 0. The lowest BCUT2D eigenvalue weighted by Gasteiger charge is -2.24. The van der Waals surface area contributed by atoms with E-state index in [1.54, 1.807) is 0 Å². The first-order chi connectivity index (χ1) is 8.06. The van der Waals surface area contributed by atoms with Crippen LogP contribution in [0.1, 0.15) is 52.9 Å². The van der Waals surface area contributed by atoms with Crippen molar-refractivity contribution >= 4 is 5.91 Å². The van der Waals surface area contributed by atoms with Crippen LogP contribution in [0.5, 0.6) is 0 Å². The molecule has 0 fully saturated rings. The first-order valence-corrected chi connectivity index (χ1v) is 6.77. The fraction of sp³-hybridized carbons (Fsp3) is 0.786. The summed E-state index contributed by atoms with van der Waals surface area (Å²) in [5.41, 5.74) is 1.05. The highest BCUT2D eigenvalue weighted by Crippen LogP contribution is 2.19. The zero-order valence-corrected chi connectivity index (χ0v) is 11.4. The molecule has 98 valence electrons. The lowest BCUT2D eigenvalue weighted by atomic mass is 9.97. The van der Waals surface area contributed by atoms with Crippen LogP contribution in [-0.4, -0.2) is 24.5 Å². The van der Waals surface area contributed by atoms with Crippen LogP contribution in [0.25, 0.3) is 0 Å². The summed E-state index contributed by atoms with van der Waals surface area (Å²) < 4.78 is 0. The van der Waals surface area contributed by atoms with E-state index in [1.165, 1.54) is 31.3 Å². The van der Waals surface area contributed by atoms with Gasteiger partial charge in [0.1, 0.15) is 0 Å². The molecule has 0 bridgehead atoms. The summed E-state index contributed by atoms with van der Waals surface area (Å²) in [6.07, 6.45) is 8.41. The Morgan fingerprint density at radius 3 is 2.76 bits per heavy atom. The Kier molecular flexibility index (Phi) is 5.69. The van der Waals surface area contributed by atoms with Gasteiger partial charge in [0, 0.05) is 6.54 Å². The number of allylic oxidation sites excluding steroid dienone is 1. The number of amides is 1. The highest BCUT2D eigenvalue weighted by molar-refractivity contribution is 5.85. The summed E-state index contributed by atoms with van der Waals surface area (Å²) in [5, 5.41) is 6.20. The molecule has 0 aliphatic heterocycles. The zero-order valence-electron chi connectivity index (χ0n) is 11.4. The van der Waals surface area contributed by atoms with Gasteiger partial charge >= 0.3 is 0 Å². The van der Waals surface area contributed by atoms with E-state index in [2.05, 4.69) is 16.7 Å². The van der Waals surface area contributed by atoms with Crippen LogP contribution < -0.4 is 10.6 Å². The predicted octanol–water partition coefficient (Wildman–Crippen LogP) is 2.38. The van der Waals surface area contributed by atoms with Gasteiger partial charge in [-0.1, -0.05) is 18.6 Å². The van der Waals surface area contributed by atoms with Gasteiger partial charge in [-0.05, 0) is 52.5 Å². The van der Waals surface area contributed by atoms with Crippen LogP contribution >= 0.6 is 0 Å². The third-order valence-corrected chi connectivity index (χ3v) is 3.30. The molecule has 0 unspecified atom stereocenters. The third-order valence-electron chi connectivity index (χ3n) is 3.30. The number of hydrogen-bond donors (Lipinski definition) is 2. The largest absolute Gasteiger partial charge is 0.354 e. The number of carbonyl (C=O) groups excluding carboxylic acids is 1. The minimum atomic E-state index is -0.463. The van der Waals surface area contributed by atoms with E-state index < -0.39 is 5.54 Å². The van der Waals surface area contributed by atoms with E-state index in [0.717, 1.165) is 19.5 Å². The van der Waals surface area contributed by atoms with E-state index in [-0.39, 0.29) is 5.91 Å². The number of rotatable bonds is 6. The van der Waals surface area contributed by atoms with Crippen LogP contribution in [0.4, 0.5) is 0 Å². The summed E-state index contributed by atoms with van der Waals surface area (Å²) >= 11 is 0. The minimum absolute atomic E-state index is 0.0933. The molecule has 1 rings (SSSR count). The topological polar surface area (TPSA) is 41.1 Å². The van der Waals surface area contributed by atoms with Crippen LogP contribution in [0.2, 0.25) is 0 Å². The van der Waals surface area contributed by atoms with E-state index in [0.29, 0.717) is 0 Å². The first kappa shape index (κ1) is 14.2. The smallest absolute Gasteiger partial charge is 0.239 e. The second-order valence-electron chi connectivity index (χ2n) is 5.27. The Balaban J connectivity index is 2.26. The van der Waals surface area contributed by atoms with E-state index >= 15 is 0 Å². The molecular formula is C14H26N2O. The zero-order chi connectivity index (χ0) is 12.7. The highest BCUT2D eigenvalue weighted by Gasteiger charge is 2.25. The molecule has 1 amide bonds. The van der Waals surface area contributed by atoms with E-state index in [9.17, 15) is 4.79 Å². The van der Waals surface area contributed by atoms with Crippen LogP contribution in [-0.2, 0) is 4.79 Å². The lowest BCUT2D eigenvalue weighted by molar-refractivity contribution is -0.126. The van der Waals surface area contributed by atoms with Crippen LogP contribution in [0.15, 0.2) is 11.6 Å². The molecule has 2 N–H and O–H groups in total. The Morgan fingerprint density at radius 2 is 2.18 bits per heavy atom. The number of hydrogen-bond acceptors (Lipinski definition) is 2. The lowest BCUT2D eigenvalue weighted by Crippen LogP contribution is -2.52. The first-order valence-electron chi connectivity index (χ1n) is 6.77. The van der Waals surface area contributed by atoms with Gasteiger partial charge in [0.15, 0.2) is 0 Å². The molecule has 0 heterocycles. The molecule has 0 atom stereocenters. The normalized spacial score (nSPS) is 16.5. The van der Waals surface area contributed by atoms with Crippen molar-refractivity contribution in [3.05, 3.63) is 11.6 Å². The summed E-state index contributed by atoms with van der Waals surface area (Å²) in [7, 11) is 0. The maximum absolute atomic E-state index is 11.9. The van der Waals surface area contributed by atoms with Gasteiger partial charge < -0.3 is 10.6 Å². The van der Waals surface area contributed by atoms with Crippen LogP contribution in [0.3, 0.4) is 0 Å². The molecule has 17 heavy (non-hydrogen) atoms. The molecular weight excluding hydrogens is 212 g/mol. The molecule has 0 saturated heterocycles. The van der Waals surface area contributed by atoms with Crippen molar-refractivity contribution in [2.75, 3.05) is 13.1 Å². The molecule has 1 aliphatic carbocycles. The van der Waals surface area contributed by atoms with Gasteiger partial charge in [-0.25, -0.2) is 0 Å². The summed E-state index contributed by atoms with van der Waals surface area (Å²) in [5.74, 6) is 0.0933. The average molecular weight is 238 g/mol. The van der Waals surface area contributed by atoms with Gasteiger partial charge in [0.05, 0.1) is 5.54 Å². The average Bonchev–Trinajstić information content (AvgIpc) is 2.30. The van der Waals surface area contributed by atoms with Crippen molar-refractivity contribution in [3.8, 4) is 0 Å². The predicted molar refractivity (Wildman–Crippen MR) is 71.9 cm³/mol. The Bertz CT molecular complexity index is 282. The Hall–Kier alpha value is -0.830. The monoisotopic (exact) mass is 238 g/mol. The third kappa shape index (κ3) is 4.90. The highest BCUT2D eigenvalue weighted by atomic mass is 16.2. The van der Waals surface area contributed by atoms with Crippen molar-refractivity contribution in [2.45, 2.75) is 58.4 Å². The van der Waals surface area contributed by atoms with Crippen molar-refractivity contribution < 1.29 is 4.79 Å². The van der Waals surface area contributed by atoms with Gasteiger partial charge in [-0.2, -0.15) is 0 Å². The van der Waals surface area contributed by atoms with Gasteiger partial charge in [0.2, 0.25) is 5.91 Å². The molecule has 3 heteroatoms. The summed E-state index contributed by atoms with van der Waals surface area (Å²) in [6.45, 7) is 7.43. The second-order valence-corrected chi connectivity index (χ2v) is 5.27. The summed E-state index contributed by atoms with van der Waals surface area (Å²) in [4.78, 5) is 11.9. The number of carbonyl (C=O) groups is 1. The van der Waals surface area contributed by atoms with Gasteiger partial charge in [-0.3, -0.25) is 4.79 Å². The molecule has 0 saturated carbocycles. The SMILES string of the molecule is CCNC(C)(C)C(=O)NCCC1=CCCCC1. The maximum Gasteiger partial charge on any atom is 0.239 e. The molecule has 0 radical (unpaired) electrons. The van der Waals surface area contributed by atoms with Gasteiger partial charge in [0.25, 0.3) is 0 Å². The second kappa shape index (κ2) is 6.80. The Labute approximate surface area is 105 Å². The van der Waals surface area contributed by atoms with Crippen molar-refractivity contribution in [3.63, 3.8) is 0 Å². The standard InChI is InChI=1S/C14H26N2O/c1-4-16-14(2,3)13(17)15-11-10-12-8-6-5-7-9-12/h8,16H,4-7,9-11H2,1-3H3,(H,15,17). The molecule has 0 aromatic heterocycles. The van der Waals surface area contributed by atoms with E-state index in [4.69, 9.17) is 0 Å². The van der Waals surface area contributed by atoms with Crippen molar-refractivity contribution in [1.29, 1.82) is 0 Å². The molecule has 0 spiro atoms. The fourth-order valence-corrected chi connectivity index (χ4v) is 2.21. The molecule has 0 aromatic rings. The van der Waals surface area contributed by atoms with E-state index in [1.807, 2.05) is 20.8 Å². The quantitative estimate of drug-likeness (QED) is 0.698. The minimum Gasteiger partial charge on any atom is -0.354 e. The number of likely N-dealkylation sites (N-methyl/N-ethyl adjacent to an activating group) is 1. The van der Waals surface area contributed by atoms with Gasteiger partial charge in [-0.15, -0.1) is 0 Å². The fourth-order valence-electron chi connectivity index (χ4n) is 2.21. The molecule has 3 nitrogen and oxygen atoms in total. The molecule has 0 aromatic carbocycles. The maximum atomic E-state index is 11.9. The van der Waals surface area contributed by atoms with Crippen molar-refractivity contribution in [2.24, 2.45) is 0 Å². The number of nitrogens with one attached hydrogen (secondary N) is 2. The Morgan fingerprint density at radius 1 is 1.41 bits per heavy atom. The van der Waals surface area contributed by atoms with Crippen LogP contribution in [0, 0.1) is 0 Å².